The van der Waals surface area contributed by atoms with Crippen LogP contribution in [0.4, 0.5) is 10.5 Å². The number of hydrogen-bond donors (Lipinski definition) is 1. The summed E-state index contributed by atoms with van der Waals surface area (Å²) in [5.41, 5.74) is 0.738. The number of carbonyl (C=O) groups excluding carboxylic acids is 1. The molecule has 0 spiro atoms. The van der Waals surface area contributed by atoms with E-state index in [1.807, 2.05) is 17.8 Å². The number of nitrogens with zero attached hydrogens (tertiary/aromatic N) is 4. The Balaban J connectivity index is 1.43. The van der Waals surface area contributed by atoms with E-state index in [1.54, 1.807) is 11.1 Å². The second kappa shape index (κ2) is 8.46. The summed E-state index contributed by atoms with van der Waals surface area (Å²) < 4.78 is 12.8. The number of hydrogen-bond acceptors (Lipinski definition) is 5. The lowest BCUT2D eigenvalue weighted by Gasteiger charge is -2.26. The number of aromatic nitrogens is 2. The number of anilines is 1. The van der Waals surface area contributed by atoms with Crippen LogP contribution in [0.25, 0.3) is 0 Å². The smallest absolute Gasteiger partial charge is 0.322 e. The normalized spacial score (nSPS) is 22.0. The summed E-state index contributed by atoms with van der Waals surface area (Å²) in [7, 11) is 0. The molecular formula is C16H27N5O3. The average molecular weight is 337 g/mol. The first-order valence-corrected chi connectivity index (χ1v) is 8.74. The molecule has 1 N–H and O–H groups in total. The predicted molar refractivity (Wildman–Crippen MR) is 90.1 cm³/mol. The zero-order chi connectivity index (χ0) is 16.8. The van der Waals surface area contributed by atoms with Crippen molar-refractivity contribution in [2.24, 2.45) is 0 Å². The first kappa shape index (κ1) is 17.2. The lowest BCUT2D eigenvalue weighted by molar-refractivity contribution is 0.0360. The van der Waals surface area contributed by atoms with E-state index in [2.05, 4.69) is 15.3 Å². The van der Waals surface area contributed by atoms with Crippen molar-refractivity contribution in [3.63, 3.8) is 0 Å². The number of carbonyl (C=O) groups is 1. The molecule has 8 heteroatoms. The van der Waals surface area contributed by atoms with Gasteiger partial charge in [-0.2, -0.15) is 5.10 Å². The second-order valence-corrected chi connectivity index (χ2v) is 6.19. The third kappa shape index (κ3) is 4.68. The van der Waals surface area contributed by atoms with E-state index in [-0.39, 0.29) is 12.1 Å². The number of ether oxygens (including phenoxy) is 2. The second-order valence-electron chi connectivity index (χ2n) is 6.19. The van der Waals surface area contributed by atoms with E-state index in [0.717, 1.165) is 58.0 Å². The highest BCUT2D eigenvalue weighted by molar-refractivity contribution is 5.89. The van der Waals surface area contributed by atoms with Crippen LogP contribution < -0.4 is 5.32 Å². The summed E-state index contributed by atoms with van der Waals surface area (Å²) in [5, 5.41) is 7.24. The molecule has 2 aliphatic heterocycles. The quantitative estimate of drug-likeness (QED) is 0.833. The maximum Gasteiger partial charge on any atom is 0.322 e. The molecule has 24 heavy (non-hydrogen) atoms. The summed E-state index contributed by atoms with van der Waals surface area (Å²) in [4.78, 5) is 16.4. The Hall–Kier alpha value is -1.64. The topological polar surface area (TPSA) is 71.9 Å². The molecule has 2 aliphatic rings. The van der Waals surface area contributed by atoms with Crippen molar-refractivity contribution < 1.29 is 14.3 Å². The van der Waals surface area contributed by atoms with Crippen molar-refractivity contribution in [3.05, 3.63) is 12.4 Å². The van der Waals surface area contributed by atoms with Gasteiger partial charge in [0.2, 0.25) is 0 Å². The molecule has 2 saturated heterocycles. The number of rotatable bonds is 6. The fourth-order valence-corrected chi connectivity index (χ4v) is 3.11. The summed E-state index contributed by atoms with van der Waals surface area (Å²) in [5.74, 6) is 0. The maximum atomic E-state index is 12.3. The summed E-state index contributed by atoms with van der Waals surface area (Å²) in [6, 6.07) is -0.0788. The minimum atomic E-state index is -0.0788. The molecule has 134 valence electrons. The van der Waals surface area contributed by atoms with Crippen LogP contribution in [0.1, 0.15) is 13.3 Å². The van der Waals surface area contributed by atoms with Crippen molar-refractivity contribution in [1.82, 2.24) is 19.6 Å². The Labute approximate surface area is 142 Å². The zero-order valence-corrected chi connectivity index (χ0v) is 14.3. The molecule has 0 aromatic carbocycles. The molecule has 8 nitrogen and oxygen atoms in total. The van der Waals surface area contributed by atoms with Crippen molar-refractivity contribution in [2.75, 3.05) is 57.9 Å². The Morgan fingerprint density at radius 3 is 3.00 bits per heavy atom. The van der Waals surface area contributed by atoms with Gasteiger partial charge in [0.1, 0.15) is 0 Å². The highest BCUT2D eigenvalue weighted by atomic mass is 16.5. The van der Waals surface area contributed by atoms with Gasteiger partial charge in [-0.25, -0.2) is 4.79 Å². The molecule has 3 heterocycles. The molecule has 0 unspecified atom stereocenters. The van der Waals surface area contributed by atoms with Gasteiger partial charge in [0.05, 0.1) is 37.7 Å². The monoisotopic (exact) mass is 337 g/mol. The van der Waals surface area contributed by atoms with Gasteiger partial charge in [0, 0.05) is 45.5 Å². The molecule has 0 aliphatic carbocycles. The molecule has 2 fully saturated rings. The van der Waals surface area contributed by atoms with E-state index in [4.69, 9.17) is 9.47 Å². The minimum Gasteiger partial charge on any atom is -0.379 e. The van der Waals surface area contributed by atoms with Crippen LogP contribution >= 0.6 is 0 Å². The van der Waals surface area contributed by atoms with E-state index in [9.17, 15) is 4.79 Å². The number of urea groups is 1. The standard InChI is InChI=1S/C16H27N5O3/c1-2-24-15-3-4-20(13-15)16(22)18-14-11-17-21(12-14)6-5-19-7-9-23-10-8-19/h11-12,15H,2-10,13H2,1H3,(H,18,22)/t15-/m0/s1. The van der Waals surface area contributed by atoms with Gasteiger partial charge < -0.3 is 19.7 Å². The zero-order valence-electron chi connectivity index (χ0n) is 14.3. The van der Waals surface area contributed by atoms with Crippen LogP contribution in [0.3, 0.4) is 0 Å². The number of amides is 2. The molecule has 0 radical (unpaired) electrons. The highest BCUT2D eigenvalue weighted by Gasteiger charge is 2.26. The van der Waals surface area contributed by atoms with Crippen LogP contribution in [0.15, 0.2) is 12.4 Å². The molecule has 1 aromatic heterocycles. The van der Waals surface area contributed by atoms with Gasteiger partial charge in [0.15, 0.2) is 0 Å². The first-order valence-electron chi connectivity index (χ1n) is 8.74. The molecule has 0 bridgehead atoms. The van der Waals surface area contributed by atoms with Crippen LogP contribution in [-0.4, -0.2) is 84.3 Å². The van der Waals surface area contributed by atoms with Gasteiger partial charge in [-0.3, -0.25) is 9.58 Å². The molecule has 0 saturated carbocycles. The molecule has 1 aromatic rings. The van der Waals surface area contributed by atoms with Gasteiger partial charge in [-0.05, 0) is 13.3 Å². The predicted octanol–water partition coefficient (Wildman–Crippen LogP) is 0.858. The van der Waals surface area contributed by atoms with Gasteiger partial charge in [0.25, 0.3) is 0 Å². The summed E-state index contributed by atoms with van der Waals surface area (Å²) in [6.45, 7) is 9.38. The van der Waals surface area contributed by atoms with Crippen LogP contribution in [0.2, 0.25) is 0 Å². The Morgan fingerprint density at radius 2 is 2.21 bits per heavy atom. The van der Waals surface area contributed by atoms with Crippen molar-refractivity contribution in [2.45, 2.75) is 26.0 Å². The van der Waals surface area contributed by atoms with Crippen LogP contribution in [0, 0.1) is 0 Å². The number of morpholine rings is 1. The Kier molecular flexibility index (Phi) is 6.06. The van der Waals surface area contributed by atoms with Crippen LogP contribution in [-0.2, 0) is 16.0 Å². The first-order chi connectivity index (χ1) is 11.7. The SMILES string of the molecule is CCO[C@H]1CCN(C(=O)Nc2cnn(CCN3CCOCC3)c2)C1. The number of likely N-dealkylation sites (tertiary alicyclic amines) is 1. The fourth-order valence-electron chi connectivity index (χ4n) is 3.11. The largest absolute Gasteiger partial charge is 0.379 e. The van der Waals surface area contributed by atoms with Crippen molar-refractivity contribution in [3.8, 4) is 0 Å². The van der Waals surface area contributed by atoms with Crippen LogP contribution in [0.5, 0.6) is 0 Å². The minimum absolute atomic E-state index is 0.0788. The Bertz CT molecular complexity index is 530. The van der Waals surface area contributed by atoms with E-state index in [0.29, 0.717) is 13.2 Å². The molecule has 1 atom stereocenters. The highest BCUT2D eigenvalue weighted by Crippen LogP contribution is 2.15. The van der Waals surface area contributed by atoms with Crippen molar-refractivity contribution >= 4 is 11.7 Å². The molecule has 3 rings (SSSR count). The fraction of sp³-hybridized carbons (Fsp3) is 0.750. The van der Waals surface area contributed by atoms with Gasteiger partial charge in [-0.1, -0.05) is 0 Å². The van der Waals surface area contributed by atoms with E-state index < -0.39 is 0 Å². The number of nitrogens with one attached hydrogen (secondary N) is 1. The lowest BCUT2D eigenvalue weighted by atomic mass is 10.3. The molecule has 2 amide bonds. The van der Waals surface area contributed by atoms with E-state index >= 15 is 0 Å². The van der Waals surface area contributed by atoms with Crippen molar-refractivity contribution in [1.29, 1.82) is 0 Å². The van der Waals surface area contributed by atoms with Gasteiger partial charge >= 0.3 is 6.03 Å². The molecular weight excluding hydrogens is 310 g/mol. The average Bonchev–Trinajstić information content (AvgIpc) is 3.24. The third-order valence-corrected chi connectivity index (χ3v) is 4.47. The summed E-state index contributed by atoms with van der Waals surface area (Å²) in [6.07, 6.45) is 4.65. The third-order valence-electron chi connectivity index (χ3n) is 4.47. The lowest BCUT2D eigenvalue weighted by Crippen LogP contribution is -2.38. The summed E-state index contributed by atoms with van der Waals surface area (Å²) >= 11 is 0. The van der Waals surface area contributed by atoms with Gasteiger partial charge in [-0.15, -0.1) is 0 Å². The maximum absolute atomic E-state index is 12.3. The Morgan fingerprint density at radius 1 is 1.38 bits per heavy atom. The van der Waals surface area contributed by atoms with E-state index in [1.165, 1.54) is 0 Å².